The molecule has 0 bridgehead atoms. The monoisotopic (exact) mass is 459 g/mol. The van der Waals surface area contributed by atoms with Gasteiger partial charge < -0.3 is 9.88 Å². The van der Waals surface area contributed by atoms with Crippen LogP contribution in [0.1, 0.15) is 32.1 Å². The minimum Gasteiger partial charge on any atom is -0.345 e. The van der Waals surface area contributed by atoms with Crippen molar-refractivity contribution in [1.29, 1.82) is 5.26 Å². The molecule has 0 fully saturated rings. The normalized spacial score (nSPS) is 10.5. The molecule has 2 aromatic carbocycles. The molecule has 0 radical (unpaired) electrons. The molecule has 1 aromatic heterocycles. The highest BCUT2D eigenvalue weighted by Gasteiger charge is 2.14. The van der Waals surface area contributed by atoms with E-state index in [1.807, 2.05) is 6.07 Å². The third kappa shape index (κ3) is 5.19. The number of hydrogen-bond acceptors (Lipinski definition) is 6. The number of carbonyl (C=O) groups excluding carboxylic acids is 2. The summed E-state index contributed by atoms with van der Waals surface area (Å²) in [6, 6.07) is 13.1. The van der Waals surface area contributed by atoms with Crippen LogP contribution in [0.4, 0.5) is 0 Å². The Balaban J connectivity index is 1.57. The Bertz CT molecular complexity index is 1140. The topological polar surface area (TPSA) is 101 Å². The Morgan fingerprint density at radius 3 is 2.47 bits per heavy atom. The molecule has 30 heavy (non-hydrogen) atoms. The van der Waals surface area contributed by atoms with Crippen LogP contribution in [0.5, 0.6) is 0 Å². The van der Waals surface area contributed by atoms with Gasteiger partial charge >= 0.3 is 0 Å². The molecular formula is C20H15Cl2N5O2S. The minimum atomic E-state index is -0.318. The summed E-state index contributed by atoms with van der Waals surface area (Å²) < 4.78 is 1.71. The predicted molar refractivity (Wildman–Crippen MR) is 115 cm³/mol. The molecule has 0 saturated heterocycles. The average Bonchev–Trinajstić information content (AvgIpc) is 3.11. The molecule has 0 aliphatic carbocycles. The molecule has 1 heterocycles. The van der Waals surface area contributed by atoms with Crippen molar-refractivity contribution in [3.8, 4) is 6.07 Å². The molecule has 3 rings (SSSR count). The largest absolute Gasteiger partial charge is 0.345 e. The van der Waals surface area contributed by atoms with Crippen molar-refractivity contribution in [3.05, 3.63) is 75.0 Å². The van der Waals surface area contributed by atoms with Crippen LogP contribution in [-0.4, -0.2) is 32.2 Å². The lowest BCUT2D eigenvalue weighted by Gasteiger charge is -2.07. The number of nitrogens with one attached hydrogen (secondary N) is 1. The van der Waals surface area contributed by atoms with Gasteiger partial charge in [-0.15, -0.1) is 10.2 Å². The number of carbonyl (C=O) groups is 2. The van der Waals surface area contributed by atoms with Crippen molar-refractivity contribution in [2.45, 2.75) is 11.7 Å². The van der Waals surface area contributed by atoms with Gasteiger partial charge in [-0.25, -0.2) is 0 Å². The van der Waals surface area contributed by atoms with E-state index in [9.17, 15) is 9.59 Å². The second-order valence-corrected chi connectivity index (χ2v) is 7.93. The third-order valence-corrected chi connectivity index (χ3v) is 5.94. The number of ketones is 1. The Morgan fingerprint density at radius 1 is 1.10 bits per heavy atom. The fourth-order valence-electron chi connectivity index (χ4n) is 2.47. The number of amides is 1. The maximum Gasteiger partial charge on any atom is 0.251 e. The fourth-order valence-corrected chi connectivity index (χ4v) is 3.59. The van der Waals surface area contributed by atoms with Crippen LogP contribution >= 0.6 is 35.0 Å². The summed E-state index contributed by atoms with van der Waals surface area (Å²) in [6.45, 7) is 0.159. The SMILES string of the molecule is Cn1c(CNC(=O)c2ccc(Cl)c(Cl)c2)nnc1SCC(=O)c1ccc(C#N)cc1. The molecule has 152 valence electrons. The van der Waals surface area contributed by atoms with Crippen LogP contribution < -0.4 is 5.32 Å². The number of rotatable bonds is 7. The van der Waals surface area contributed by atoms with Crippen molar-refractivity contribution in [2.75, 3.05) is 5.75 Å². The van der Waals surface area contributed by atoms with Crippen molar-refractivity contribution >= 4 is 46.7 Å². The fraction of sp³-hybridized carbons (Fsp3) is 0.150. The van der Waals surface area contributed by atoms with Crippen molar-refractivity contribution in [2.24, 2.45) is 7.05 Å². The van der Waals surface area contributed by atoms with E-state index in [-0.39, 0.29) is 24.0 Å². The van der Waals surface area contributed by atoms with Gasteiger partial charge in [-0.2, -0.15) is 5.26 Å². The quantitative estimate of drug-likeness (QED) is 0.424. The first-order valence-corrected chi connectivity index (χ1v) is 10.4. The summed E-state index contributed by atoms with van der Waals surface area (Å²) in [5.41, 5.74) is 1.41. The lowest BCUT2D eigenvalue weighted by molar-refractivity contribution is 0.0948. The molecule has 0 aliphatic rings. The van der Waals surface area contributed by atoms with E-state index in [1.54, 1.807) is 48.0 Å². The zero-order chi connectivity index (χ0) is 21.7. The third-order valence-electron chi connectivity index (χ3n) is 4.18. The summed E-state index contributed by atoms with van der Waals surface area (Å²) in [5.74, 6) is 0.313. The van der Waals surface area contributed by atoms with Gasteiger partial charge in [-0.05, 0) is 30.3 Å². The van der Waals surface area contributed by atoms with Crippen LogP contribution in [-0.2, 0) is 13.6 Å². The average molecular weight is 460 g/mol. The van der Waals surface area contributed by atoms with Crippen molar-refractivity contribution in [3.63, 3.8) is 0 Å². The maximum absolute atomic E-state index is 12.3. The van der Waals surface area contributed by atoms with Crippen LogP contribution in [0, 0.1) is 11.3 Å². The molecule has 10 heteroatoms. The standard InChI is InChI=1S/C20H15Cl2N5O2S/c1-27-18(10-24-19(29)14-6-7-15(21)16(22)8-14)25-26-20(27)30-11-17(28)13-4-2-12(9-23)3-5-13/h2-8H,10-11H2,1H3,(H,24,29). The Labute approximate surface area is 187 Å². The highest BCUT2D eigenvalue weighted by Crippen LogP contribution is 2.22. The molecule has 1 N–H and O–H groups in total. The lowest BCUT2D eigenvalue weighted by atomic mass is 10.1. The van der Waals surface area contributed by atoms with Gasteiger partial charge in [-0.1, -0.05) is 47.1 Å². The van der Waals surface area contributed by atoms with Crippen LogP contribution in [0.2, 0.25) is 10.0 Å². The summed E-state index contributed by atoms with van der Waals surface area (Å²) in [7, 11) is 1.76. The summed E-state index contributed by atoms with van der Waals surface area (Å²) in [6.07, 6.45) is 0. The van der Waals surface area contributed by atoms with E-state index >= 15 is 0 Å². The summed E-state index contributed by atoms with van der Waals surface area (Å²) >= 11 is 13.0. The molecule has 0 spiro atoms. The van der Waals surface area contributed by atoms with Gasteiger partial charge in [0, 0.05) is 18.2 Å². The molecule has 0 unspecified atom stereocenters. The van der Waals surface area contributed by atoms with Gasteiger partial charge in [-0.3, -0.25) is 9.59 Å². The predicted octanol–water partition coefficient (Wildman–Crippen LogP) is 3.90. The molecule has 0 atom stereocenters. The lowest BCUT2D eigenvalue weighted by Crippen LogP contribution is -2.24. The van der Waals surface area contributed by atoms with E-state index in [1.165, 1.54) is 17.8 Å². The zero-order valence-corrected chi connectivity index (χ0v) is 18.1. The second-order valence-electron chi connectivity index (χ2n) is 6.17. The van der Waals surface area contributed by atoms with Gasteiger partial charge in [0.2, 0.25) is 0 Å². The number of benzene rings is 2. The Morgan fingerprint density at radius 2 is 1.80 bits per heavy atom. The van der Waals surface area contributed by atoms with E-state index in [0.717, 1.165) is 0 Å². The minimum absolute atomic E-state index is 0.0815. The van der Waals surface area contributed by atoms with E-state index in [4.69, 9.17) is 28.5 Å². The number of halogens is 2. The first kappa shape index (κ1) is 21.8. The highest BCUT2D eigenvalue weighted by molar-refractivity contribution is 7.99. The molecule has 7 nitrogen and oxygen atoms in total. The highest BCUT2D eigenvalue weighted by atomic mass is 35.5. The first-order valence-electron chi connectivity index (χ1n) is 8.66. The molecule has 0 aliphatic heterocycles. The number of aromatic nitrogens is 3. The summed E-state index contributed by atoms with van der Waals surface area (Å²) in [5, 5.41) is 20.9. The van der Waals surface area contributed by atoms with Crippen LogP contribution in [0.15, 0.2) is 47.6 Å². The van der Waals surface area contributed by atoms with Crippen LogP contribution in [0.3, 0.4) is 0 Å². The Hall–Kier alpha value is -2.86. The number of nitrogens with zero attached hydrogens (tertiary/aromatic N) is 4. The molecule has 3 aromatic rings. The van der Waals surface area contributed by atoms with Gasteiger partial charge in [0.25, 0.3) is 5.91 Å². The number of hydrogen-bond donors (Lipinski definition) is 1. The van der Waals surface area contributed by atoms with Crippen molar-refractivity contribution < 1.29 is 9.59 Å². The molecular weight excluding hydrogens is 445 g/mol. The van der Waals surface area contributed by atoms with Crippen molar-refractivity contribution in [1.82, 2.24) is 20.1 Å². The van der Waals surface area contributed by atoms with E-state index in [0.29, 0.717) is 37.7 Å². The van der Waals surface area contributed by atoms with Gasteiger partial charge in [0.05, 0.1) is 34.0 Å². The second kappa shape index (κ2) is 9.76. The zero-order valence-electron chi connectivity index (χ0n) is 15.7. The van der Waals surface area contributed by atoms with E-state index < -0.39 is 0 Å². The van der Waals surface area contributed by atoms with E-state index in [2.05, 4.69) is 15.5 Å². The number of Topliss-reactive ketones (excluding diaryl/α,β-unsaturated/α-hetero) is 1. The van der Waals surface area contributed by atoms with Gasteiger partial charge in [0.1, 0.15) is 0 Å². The Kier molecular flexibility index (Phi) is 7.11. The molecule has 0 saturated carbocycles. The number of thioether (sulfide) groups is 1. The maximum atomic E-state index is 12.3. The molecule has 1 amide bonds. The van der Waals surface area contributed by atoms with Gasteiger partial charge in [0.15, 0.2) is 16.8 Å². The smallest absolute Gasteiger partial charge is 0.251 e. The number of nitriles is 1. The first-order chi connectivity index (χ1) is 14.4. The summed E-state index contributed by atoms with van der Waals surface area (Å²) in [4.78, 5) is 24.6. The van der Waals surface area contributed by atoms with Crippen LogP contribution in [0.25, 0.3) is 0 Å².